The Morgan fingerprint density at radius 2 is 2.32 bits per heavy atom. The Morgan fingerprint density at radius 1 is 1.55 bits per heavy atom. The molecule has 0 saturated heterocycles. The number of amides is 2. The Labute approximate surface area is 129 Å². The van der Waals surface area contributed by atoms with Crippen molar-refractivity contribution in [3.8, 4) is 5.75 Å². The van der Waals surface area contributed by atoms with Crippen LogP contribution < -0.4 is 10.1 Å². The summed E-state index contributed by atoms with van der Waals surface area (Å²) >= 11 is 0. The van der Waals surface area contributed by atoms with Crippen molar-refractivity contribution in [2.24, 2.45) is 5.92 Å². The molecule has 2 rings (SSSR count). The number of rotatable bonds is 8. The number of ether oxygens (including phenoxy) is 1. The molecule has 1 saturated carbocycles. The number of halogens is 1. The van der Waals surface area contributed by atoms with Gasteiger partial charge in [0.05, 0.1) is 18.9 Å². The normalized spacial score (nSPS) is 13.5. The van der Waals surface area contributed by atoms with Crippen LogP contribution in [0.15, 0.2) is 30.9 Å². The summed E-state index contributed by atoms with van der Waals surface area (Å²) in [7, 11) is 0. The minimum atomic E-state index is -0.415. The summed E-state index contributed by atoms with van der Waals surface area (Å²) in [5.74, 6) is 0.434. The Kier molecular flexibility index (Phi) is 5.77. The lowest BCUT2D eigenvalue weighted by molar-refractivity contribution is 0.195. The Morgan fingerprint density at radius 3 is 2.95 bits per heavy atom. The fourth-order valence-electron chi connectivity index (χ4n) is 1.96. The molecule has 120 valence electrons. The van der Waals surface area contributed by atoms with Crippen LogP contribution in [0.1, 0.15) is 12.8 Å². The van der Waals surface area contributed by atoms with Gasteiger partial charge in [-0.05, 0) is 30.9 Å². The number of aliphatic hydroxyl groups excluding tert-OH is 1. The maximum absolute atomic E-state index is 13.4. The first-order valence-electron chi connectivity index (χ1n) is 7.34. The molecule has 2 N–H and O–H groups in total. The summed E-state index contributed by atoms with van der Waals surface area (Å²) in [5.41, 5.74) is 0.416. The van der Waals surface area contributed by atoms with E-state index in [1.54, 1.807) is 6.08 Å². The van der Waals surface area contributed by atoms with Crippen molar-refractivity contribution in [2.45, 2.75) is 12.8 Å². The minimum Gasteiger partial charge on any atom is -0.491 e. The number of nitrogens with one attached hydrogen (secondary N) is 1. The number of benzene rings is 1. The smallest absolute Gasteiger partial charge is 0.322 e. The number of hydrogen-bond donors (Lipinski definition) is 2. The van der Waals surface area contributed by atoms with Crippen LogP contribution >= 0.6 is 0 Å². The zero-order valence-corrected chi connectivity index (χ0v) is 12.4. The summed E-state index contributed by atoms with van der Waals surface area (Å²) < 4.78 is 19.0. The molecule has 1 fully saturated rings. The van der Waals surface area contributed by atoms with Gasteiger partial charge in [-0.15, -0.1) is 6.58 Å². The summed E-state index contributed by atoms with van der Waals surface area (Å²) in [6, 6.07) is 3.61. The molecule has 1 aliphatic carbocycles. The van der Waals surface area contributed by atoms with E-state index in [0.29, 0.717) is 30.5 Å². The third kappa shape index (κ3) is 4.73. The molecule has 0 heterocycles. The molecular weight excluding hydrogens is 287 g/mol. The summed E-state index contributed by atoms with van der Waals surface area (Å²) in [6.45, 7) is 4.47. The predicted octanol–water partition coefficient (Wildman–Crippen LogP) is 2.63. The lowest BCUT2D eigenvalue weighted by Crippen LogP contribution is -2.37. The number of hydrogen-bond acceptors (Lipinski definition) is 3. The number of nitrogens with zero attached hydrogens (tertiary/aromatic N) is 1. The van der Waals surface area contributed by atoms with Crippen molar-refractivity contribution in [3.63, 3.8) is 0 Å². The summed E-state index contributed by atoms with van der Waals surface area (Å²) in [4.78, 5) is 13.6. The first-order valence-corrected chi connectivity index (χ1v) is 7.34. The largest absolute Gasteiger partial charge is 0.491 e. The highest BCUT2D eigenvalue weighted by Crippen LogP contribution is 2.32. The van der Waals surface area contributed by atoms with Gasteiger partial charge in [0, 0.05) is 19.2 Å². The zero-order valence-electron chi connectivity index (χ0n) is 12.4. The molecule has 0 aliphatic heterocycles. The van der Waals surface area contributed by atoms with Gasteiger partial charge in [0.15, 0.2) is 0 Å². The fraction of sp³-hybridized carbons (Fsp3) is 0.438. The third-order valence-corrected chi connectivity index (χ3v) is 3.36. The number of carbonyl (C=O) groups excluding carboxylic acids is 1. The van der Waals surface area contributed by atoms with Crippen molar-refractivity contribution in [1.82, 2.24) is 4.90 Å². The van der Waals surface area contributed by atoms with Crippen LogP contribution in [-0.2, 0) is 0 Å². The van der Waals surface area contributed by atoms with E-state index >= 15 is 0 Å². The number of anilines is 1. The molecular formula is C16H21FN2O3. The Bertz CT molecular complexity index is 532. The topological polar surface area (TPSA) is 61.8 Å². The highest BCUT2D eigenvalue weighted by molar-refractivity contribution is 5.91. The molecule has 6 heteroatoms. The maximum Gasteiger partial charge on any atom is 0.322 e. The Balaban J connectivity index is 2.05. The zero-order chi connectivity index (χ0) is 15.9. The molecule has 0 spiro atoms. The lowest BCUT2D eigenvalue weighted by atomic mass is 10.3. The second kappa shape index (κ2) is 7.79. The molecule has 0 unspecified atom stereocenters. The van der Waals surface area contributed by atoms with Gasteiger partial charge in [-0.2, -0.15) is 0 Å². The number of aliphatic hydroxyl groups is 1. The molecule has 0 bridgehead atoms. The SMILES string of the molecule is C=CCN(CCO)C(=O)Nc1ccc(F)cc1OCC1CC1. The van der Waals surface area contributed by atoms with Crippen LogP contribution in [0.3, 0.4) is 0 Å². The molecule has 1 aliphatic rings. The molecule has 0 aromatic heterocycles. The highest BCUT2D eigenvalue weighted by Gasteiger charge is 2.23. The van der Waals surface area contributed by atoms with E-state index in [0.717, 1.165) is 12.8 Å². The van der Waals surface area contributed by atoms with Gasteiger partial charge in [0.2, 0.25) is 0 Å². The van der Waals surface area contributed by atoms with E-state index < -0.39 is 11.8 Å². The van der Waals surface area contributed by atoms with Crippen LogP contribution in [0.4, 0.5) is 14.9 Å². The molecule has 0 radical (unpaired) electrons. The van der Waals surface area contributed by atoms with E-state index in [1.165, 1.54) is 23.1 Å². The van der Waals surface area contributed by atoms with Gasteiger partial charge in [0.25, 0.3) is 0 Å². The summed E-state index contributed by atoms with van der Waals surface area (Å²) in [6.07, 6.45) is 3.83. The van der Waals surface area contributed by atoms with Crippen molar-refractivity contribution in [3.05, 3.63) is 36.7 Å². The average Bonchev–Trinajstić information content (AvgIpc) is 3.31. The predicted molar refractivity (Wildman–Crippen MR) is 82.5 cm³/mol. The highest BCUT2D eigenvalue weighted by atomic mass is 19.1. The first kappa shape index (κ1) is 16.3. The standard InChI is InChI=1S/C16H21FN2O3/c1-2-7-19(8-9-20)16(21)18-14-6-5-13(17)10-15(14)22-11-12-3-4-12/h2,5-6,10,12,20H,1,3-4,7-9,11H2,(H,18,21). The van der Waals surface area contributed by atoms with Crippen molar-refractivity contribution >= 4 is 11.7 Å². The second-order valence-corrected chi connectivity index (χ2v) is 5.28. The number of urea groups is 1. The average molecular weight is 308 g/mol. The van der Waals surface area contributed by atoms with Gasteiger partial charge in [-0.1, -0.05) is 6.08 Å². The minimum absolute atomic E-state index is 0.143. The molecule has 22 heavy (non-hydrogen) atoms. The Hall–Kier alpha value is -2.08. The third-order valence-electron chi connectivity index (χ3n) is 3.36. The van der Waals surface area contributed by atoms with E-state index in [4.69, 9.17) is 9.84 Å². The molecule has 2 amide bonds. The molecule has 1 aromatic carbocycles. The van der Waals surface area contributed by atoms with Crippen LogP contribution in [0, 0.1) is 11.7 Å². The van der Waals surface area contributed by atoms with Crippen LogP contribution in [0.2, 0.25) is 0 Å². The van der Waals surface area contributed by atoms with Crippen LogP contribution in [0.5, 0.6) is 5.75 Å². The monoisotopic (exact) mass is 308 g/mol. The van der Waals surface area contributed by atoms with E-state index in [-0.39, 0.29) is 13.2 Å². The van der Waals surface area contributed by atoms with Gasteiger partial charge in [0.1, 0.15) is 11.6 Å². The second-order valence-electron chi connectivity index (χ2n) is 5.28. The molecule has 5 nitrogen and oxygen atoms in total. The van der Waals surface area contributed by atoms with Crippen molar-refractivity contribution in [2.75, 3.05) is 31.6 Å². The van der Waals surface area contributed by atoms with Crippen molar-refractivity contribution < 1.29 is 19.0 Å². The molecule has 0 atom stereocenters. The van der Waals surface area contributed by atoms with E-state index in [1.807, 2.05) is 0 Å². The van der Waals surface area contributed by atoms with Crippen LogP contribution in [0.25, 0.3) is 0 Å². The van der Waals surface area contributed by atoms with Gasteiger partial charge in [-0.25, -0.2) is 9.18 Å². The van der Waals surface area contributed by atoms with E-state index in [9.17, 15) is 9.18 Å². The van der Waals surface area contributed by atoms with Crippen molar-refractivity contribution in [1.29, 1.82) is 0 Å². The molecule has 1 aromatic rings. The van der Waals surface area contributed by atoms with Gasteiger partial charge >= 0.3 is 6.03 Å². The quantitative estimate of drug-likeness (QED) is 0.726. The fourth-order valence-corrected chi connectivity index (χ4v) is 1.96. The van der Waals surface area contributed by atoms with Gasteiger partial charge < -0.3 is 20.1 Å². The van der Waals surface area contributed by atoms with Crippen LogP contribution in [-0.4, -0.2) is 42.3 Å². The van der Waals surface area contributed by atoms with Gasteiger partial charge in [-0.3, -0.25) is 0 Å². The van der Waals surface area contributed by atoms with E-state index in [2.05, 4.69) is 11.9 Å². The first-order chi connectivity index (χ1) is 10.6. The maximum atomic E-state index is 13.4. The summed E-state index contributed by atoms with van der Waals surface area (Å²) in [5, 5.41) is 11.7. The lowest BCUT2D eigenvalue weighted by Gasteiger charge is -2.21. The number of carbonyl (C=O) groups is 1.